The van der Waals surface area contributed by atoms with Crippen LogP contribution in [0.4, 0.5) is 0 Å². The largest absolute Gasteiger partial charge is 0.376 e. The standard InChI is InChI=1S/C18H35NO2/c1-17(2,3)16-13-15(9-10-19(16)18(4,5)6)21-12-11-20-14-7-8-14/h14-16H,7-13H2,1-6H3. The molecule has 1 aliphatic heterocycles. The first-order valence-electron chi connectivity index (χ1n) is 8.68. The minimum absolute atomic E-state index is 0.234. The zero-order valence-electron chi connectivity index (χ0n) is 14.9. The Bertz CT molecular complexity index is 325. The molecule has 0 radical (unpaired) electrons. The second kappa shape index (κ2) is 6.55. The Labute approximate surface area is 131 Å². The lowest BCUT2D eigenvalue weighted by atomic mass is 9.77. The maximum Gasteiger partial charge on any atom is 0.0704 e. The number of rotatable bonds is 5. The third-order valence-electron chi connectivity index (χ3n) is 4.73. The normalized spacial score (nSPS) is 28.9. The number of nitrogens with zero attached hydrogens (tertiary/aromatic N) is 1. The van der Waals surface area contributed by atoms with Gasteiger partial charge in [0.25, 0.3) is 0 Å². The van der Waals surface area contributed by atoms with E-state index in [1.807, 2.05) is 0 Å². The van der Waals surface area contributed by atoms with Crippen molar-refractivity contribution in [1.82, 2.24) is 4.90 Å². The smallest absolute Gasteiger partial charge is 0.0704 e. The van der Waals surface area contributed by atoms with Crippen molar-refractivity contribution in [3.8, 4) is 0 Å². The first kappa shape index (κ1) is 17.2. The number of likely N-dealkylation sites (tertiary alicyclic amines) is 1. The van der Waals surface area contributed by atoms with E-state index in [2.05, 4.69) is 46.4 Å². The molecule has 2 unspecified atom stereocenters. The predicted molar refractivity (Wildman–Crippen MR) is 87.7 cm³/mol. The predicted octanol–water partition coefficient (Wildman–Crippen LogP) is 3.86. The van der Waals surface area contributed by atoms with E-state index in [-0.39, 0.29) is 5.54 Å². The van der Waals surface area contributed by atoms with Crippen molar-refractivity contribution in [2.45, 2.75) is 91.0 Å². The van der Waals surface area contributed by atoms with Crippen molar-refractivity contribution in [2.24, 2.45) is 5.41 Å². The number of ether oxygens (including phenoxy) is 2. The van der Waals surface area contributed by atoms with E-state index in [4.69, 9.17) is 9.47 Å². The molecule has 2 fully saturated rings. The zero-order chi connectivity index (χ0) is 15.7. The van der Waals surface area contributed by atoms with Gasteiger partial charge in [-0.1, -0.05) is 20.8 Å². The van der Waals surface area contributed by atoms with Gasteiger partial charge in [0.1, 0.15) is 0 Å². The van der Waals surface area contributed by atoms with E-state index in [0.717, 1.165) is 32.6 Å². The summed E-state index contributed by atoms with van der Waals surface area (Å²) in [5, 5.41) is 0. The van der Waals surface area contributed by atoms with Gasteiger partial charge in [-0.3, -0.25) is 4.90 Å². The SMILES string of the molecule is CC(C)(C)C1CC(OCCOC2CC2)CCN1C(C)(C)C. The van der Waals surface area contributed by atoms with Gasteiger partial charge in [-0.05, 0) is 51.9 Å². The molecule has 2 rings (SSSR count). The first-order valence-corrected chi connectivity index (χ1v) is 8.68. The lowest BCUT2D eigenvalue weighted by Crippen LogP contribution is -2.58. The van der Waals surface area contributed by atoms with Crippen LogP contribution in [-0.2, 0) is 9.47 Å². The highest BCUT2D eigenvalue weighted by Crippen LogP contribution is 2.37. The van der Waals surface area contributed by atoms with Crippen LogP contribution >= 0.6 is 0 Å². The second-order valence-corrected chi connectivity index (χ2v) is 8.83. The molecule has 0 aromatic carbocycles. The van der Waals surface area contributed by atoms with E-state index >= 15 is 0 Å². The van der Waals surface area contributed by atoms with E-state index in [1.165, 1.54) is 12.8 Å². The van der Waals surface area contributed by atoms with Crippen LogP contribution in [0.3, 0.4) is 0 Å². The highest BCUT2D eigenvalue weighted by Gasteiger charge is 2.40. The van der Waals surface area contributed by atoms with Crippen LogP contribution in [0, 0.1) is 5.41 Å². The molecule has 0 bridgehead atoms. The molecule has 2 aliphatic rings. The Balaban J connectivity index is 1.83. The topological polar surface area (TPSA) is 21.7 Å². The van der Waals surface area contributed by atoms with Gasteiger partial charge in [0.2, 0.25) is 0 Å². The minimum atomic E-state index is 0.234. The third-order valence-corrected chi connectivity index (χ3v) is 4.73. The van der Waals surface area contributed by atoms with Crippen molar-refractivity contribution in [2.75, 3.05) is 19.8 Å². The van der Waals surface area contributed by atoms with Crippen LogP contribution < -0.4 is 0 Å². The lowest BCUT2D eigenvalue weighted by molar-refractivity contribution is -0.0821. The van der Waals surface area contributed by atoms with Crippen molar-refractivity contribution in [3.05, 3.63) is 0 Å². The maximum absolute atomic E-state index is 6.10. The monoisotopic (exact) mass is 297 g/mol. The summed E-state index contributed by atoms with van der Waals surface area (Å²) >= 11 is 0. The van der Waals surface area contributed by atoms with Gasteiger partial charge in [-0.25, -0.2) is 0 Å². The lowest BCUT2D eigenvalue weighted by Gasteiger charge is -2.51. The number of hydrogen-bond donors (Lipinski definition) is 0. The molecule has 3 heteroatoms. The summed E-state index contributed by atoms with van der Waals surface area (Å²) in [5.74, 6) is 0. The number of hydrogen-bond acceptors (Lipinski definition) is 3. The van der Waals surface area contributed by atoms with E-state index in [0.29, 0.717) is 23.7 Å². The van der Waals surface area contributed by atoms with E-state index in [1.54, 1.807) is 0 Å². The molecular formula is C18H35NO2. The van der Waals surface area contributed by atoms with Crippen LogP contribution in [-0.4, -0.2) is 48.4 Å². The summed E-state index contributed by atoms with van der Waals surface area (Å²) in [6.45, 7) is 16.7. The van der Waals surface area contributed by atoms with Gasteiger partial charge >= 0.3 is 0 Å². The van der Waals surface area contributed by atoms with Crippen molar-refractivity contribution >= 4 is 0 Å². The van der Waals surface area contributed by atoms with Gasteiger partial charge in [0, 0.05) is 18.1 Å². The van der Waals surface area contributed by atoms with Crippen molar-refractivity contribution in [1.29, 1.82) is 0 Å². The molecule has 1 saturated carbocycles. The van der Waals surface area contributed by atoms with Crippen LogP contribution in [0.25, 0.3) is 0 Å². The summed E-state index contributed by atoms with van der Waals surface area (Å²) in [7, 11) is 0. The van der Waals surface area contributed by atoms with Crippen LogP contribution in [0.5, 0.6) is 0 Å². The fraction of sp³-hybridized carbons (Fsp3) is 1.00. The summed E-state index contributed by atoms with van der Waals surface area (Å²) in [4.78, 5) is 2.67. The fourth-order valence-corrected chi connectivity index (χ4v) is 3.37. The molecule has 1 aliphatic carbocycles. The van der Waals surface area contributed by atoms with Crippen molar-refractivity contribution in [3.63, 3.8) is 0 Å². The Morgan fingerprint density at radius 1 is 0.857 bits per heavy atom. The Morgan fingerprint density at radius 3 is 1.90 bits per heavy atom. The minimum Gasteiger partial charge on any atom is -0.376 e. The molecule has 1 heterocycles. The van der Waals surface area contributed by atoms with Gasteiger partial charge in [0.05, 0.1) is 25.4 Å². The first-order chi connectivity index (χ1) is 9.68. The van der Waals surface area contributed by atoms with Crippen molar-refractivity contribution < 1.29 is 9.47 Å². The molecule has 0 amide bonds. The van der Waals surface area contributed by atoms with Gasteiger partial charge in [-0.2, -0.15) is 0 Å². The third kappa shape index (κ3) is 5.22. The van der Waals surface area contributed by atoms with Gasteiger partial charge in [0.15, 0.2) is 0 Å². The molecule has 3 nitrogen and oxygen atoms in total. The summed E-state index contributed by atoms with van der Waals surface area (Å²) < 4.78 is 11.8. The molecule has 124 valence electrons. The fourth-order valence-electron chi connectivity index (χ4n) is 3.37. The molecule has 0 aromatic rings. The Morgan fingerprint density at radius 2 is 1.43 bits per heavy atom. The van der Waals surface area contributed by atoms with Crippen LogP contribution in [0.15, 0.2) is 0 Å². The van der Waals surface area contributed by atoms with Crippen LogP contribution in [0.1, 0.15) is 67.2 Å². The van der Waals surface area contributed by atoms with E-state index < -0.39 is 0 Å². The average molecular weight is 297 g/mol. The Hall–Kier alpha value is -0.120. The highest BCUT2D eigenvalue weighted by molar-refractivity contribution is 4.95. The molecule has 21 heavy (non-hydrogen) atoms. The second-order valence-electron chi connectivity index (χ2n) is 8.83. The van der Waals surface area contributed by atoms with Gasteiger partial charge in [-0.15, -0.1) is 0 Å². The quantitative estimate of drug-likeness (QED) is 0.719. The molecular weight excluding hydrogens is 262 g/mol. The average Bonchev–Trinajstić information content (AvgIpc) is 3.16. The molecule has 0 spiro atoms. The zero-order valence-corrected chi connectivity index (χ0v) is 14.9. The molecule has 1 saturated heterocycles. The maximum atomic E-state index is 6.10. The summed E-state index contributed by atoms with van der Waals surface area (Å²) in [5.41, 5.74) is 0.526. The summed E-state index contributed by atoms with van der Waals surface area (Å²) in [6.07, 6.45) is 5.72. The highest BCUT2D eigenvalue weighted by atomic mass is 16.5. The molecule has 0 N–H and O–H groups in total. The summed E-state index contributed by atoms with van der Waals surface area (Å²) in [6, 6.07) is 0.584. The molecule has 0 aromatic heterocycles. The molecule has 2 atom stereocenters. The Kier molecular flexibility index (Phi) is 5.38. The van der Waals surface area contributed by atoms with Gasteiger partial charge < -0.3 is 9.47 Å². The van der Waals surface area contributed by atoms with E-state index in [9.17, 15) is 0 Å². The number of piperidine rings is 1. The van der Waals surface area contributed by atoms with Crippen LogP contribution in [0.2, 0.25) is 0 Å².